The second-order valence-electron chi connectivity index (χ2n) is 4.19. The molecule has 2 rings (SSSR count). The predicted molar refractivity (Wildman–Crippen MR) is 65.4 cm³/mol. The van der Waals surface area contributed by atoms with Gasteiger partial charge in [0.15, 0.2) is 5.78 Å². The van der Waals surface area contributed by atoms with Crippen LogP contribution in [-0.2, 0) is 13.1 Å². The van der Waals surface area contributed by atoms with Crippen molar-refractivity contribution < 1.29 is 4.79 Å². The van der Waals surface area contributed by atoms with E-state index in [0.717, 1.165) is 31.5 Å². The third-order valence-electron chi connectivity index (χ3n) is 2.97. The number of carbonyl (C=O) groups is 1. The lowest BCUT2D eigenvalue weighted by molar-refractivity contribution is 0.0980. The Labute approximate surface area is 96.4 Å². The molecule has 1 aromatic carbocycles. The number of benzene rings is 1. The number of carbonyl (C=O) groups excluding carboxylic acids is 1. The minimum atomic E-state index is 0.247. The topological polar surface area (TPSA) is 29.1 Å². The van der Waals surface area contributed by atoms with Gasteiger partial charge in [-0.1, -0.05) is 18.2 Å². The molecular formula is C14H17NO. The molecule has 0 amide bonds. The van der Waals surface area contributed by atoms with Crippen molar-refractivity contribution in [2.45, 2.75) is 32.4 Å². The molecule has 2 nitrogen and oxygen atoms in total. The van der Waals surface area contributed by atoms with E-state index < -0.39 is 0 Å². The summed E-state index contributed by atoms with van der Waals surface area (Å²) in [5.74, 6) is 0.247. The van der Waals surface area contributed by atoms with Gasteiger partial charge in [0, 0.05) is 25.1 Å². The number of hydrogen-bond donors (Lipinski definition) is 1. The van der Waals surface area contributed by atoms with Crippen LogP contribution in [0, 0.1) is 0 Å². The zero-order valence-electron chi connectivity index (χ0n) is 9.46. The number of Topliss-reactive ketones (excluding diaryl/α,β-unsaturated/α-hetero) is 1. The van der Waals surface area contributed by atoms with Crippen LogP contribution in [-0.4, -0.2) is 5.78 Å². The number of hydrogen-bond acceptors (Lipinski definition) is 2. The fraction of sp³-hybridized carbons (Fsp3) is 0.357. The first-order valence-corrected chi connectivity index (χ1v) is 5.78. The summed E-state index contributed by atoms with van der Waals surface area (Å²) >= 11 is 0. The van der Waals surface area contributed by atoms with Gasteiger partial charge in [0.2, 0.25) is 0 Å². The minimum absolute atomic E-state index is 0.247. The first-order valence-electron chi connectivity index (χ1n) is 5.78. The molecule has 0 fully saturated rings. The zero-order chi connectivity index (χ0) is 11.4. The third-order valence-corrected chi connectivity index (χ3v) is 2.97. The maximum Gasteiger partial charge on any atom is 0.162 e. The molecule has 1 heterocycles. The molecule has 1 aliphatic heterocycles. The van der Waals surface area contributed by atoms with Crippen molar-refractivity contribution >= 4 is 5.78 Å². The highest BCUT2D eigenvalue weighted by Gasteiger charge is 2.12. The van der Waals surface area contributed by atoms with E-state index in [1.54, 1.807) is 0 Å². The average Bonchev–Trinajstić information content (AvgIpc) is 2.76. The summed E-state index contributed by atoms with van der Waals surface area (Å²) in [5, 5.41) is 3.28. The van der Waals surface area contributed by atoms with Crippen LogP contribution in [0.1, 0.15) is 40.7 Å². The van der Waals surface area contributed by atoms with Gasteiger partial charge in [0.05, 0.1) is 0 Å². The number of allylic oxidation sites excluding steroid dienone is 1. The Bertz CT molecular complexity index is 409. The van der Waals surface area contributed by atoms with Gasteiger partial charge in [0.1, 0.15) is 0 Å². The standard InChI is InChI=1S/C14H17NO/c1-2-3-4-5-14(16)11-6-7-12-9-15-10-13(12)8-11/h2,6-8,15H,1,3-5,9-10H2. The summed E-state index contributed by atoms with van der Waals surface area (Å²) in [6.07, 6.45) is 4.30. The van der Waals surface area contributed by atoms with Crippen LogP contribution in [0.4, 0.5) is 0 Å². The molecule has 0 saturated heterocycles. The second kappa shape index (κ2) is 5.08. The Kier molecular flexibility index (Phi) is 3.52. The molecule has 0 atom stereocenters. The Morgan fingerprint density at radius 2 is 2.19 bits per heavy atom. The second-order valence-corrected chi connectivity index (χ2v) is 4.19. The van der Waals surface area contributed by atoms with Gasteiger partial charge in [-0.2, -0.15) is 0 Å². The smallest absolute Gasteiger partial charge is 0.162 e. The molecule has 0 radical (unpaired) electrons. The third kappa shape index (κ3) is 2.39. The highest BCUT2D eigenvalue weighted by Crippen LogP contribution is 2.18. The van der Waals surface area contributed by atoms with Crippen molar-refractivity contribution in [3.63, 3.8) is 0 Å². The lowest BCUT2D eigenvalue weighted by atomic mass is 10.0. The van der Waals surface area contributed by atoms with Crippen LogP contribution < -0.4 is 5.32 Å². The van der Waals surface area contributed by atoms with Crippen LogP contribution in [0.3, 0.4) is 0 Å². The summed E-state index contributed by atoms with van der Waals surface area (Å²) in [6, 6.07) is 6.05. The van der Waals surface area contributed by atoms with Gasteiger partial charge in [-0.25, -0.2) is 0 Å². The summed E-state index contributed by atoms with van der Waals surface area (Å²) in [4.78, 5) is 11.9. The summed E-state index contributed by atoms with van der Waals surface area (Å²) in [7, 11) is 0. The molecule has 1 N–H and O–H groups in total. The van der Waals surface area contributed by atoms with Gasteiger partial charge in [0.25, 0.3) is 0 Å². The molecule has 0 saturated carbocycles. The molecule has 0 bridgehead atoms. The van der Waals surface area contributed by atoms with E-state index >= 15 is 0 Å². The van der Waals surface area contributed by atoms with Gasteiger partial charge >= 0.3 is 0 Å². The summed E-state index contributed by atoms with van der Waals surface area (Å²) < 4.78 is 0. The maximum atomic E-state index is 11.9. The quantitative estimate of drug-likeness (QED) is 0.465. The first-order chi connectivity index (χ1) is 7.81. The molecule has 0 aliphatic carbocycles. The molecular weight excluding hydrogens is 198 g/mol. The summed E-state index contributed by atoms with van der Waals surface area (Å²) in [6.45, 7) is 5.48. The predicted octanol–water partition coefficient (Wildman–Crippen LogP) is 2.83. The average molecular weight is 215 g/mol. The van der Waals surface area contributed by atoms with E-state index in [4.69, 9.17) is 0 Å². The zero-order valence-corrected chi connectivity index (χ0v) is 9.46. The monoisotopic (exact) mass is 215 g/mol. The van der Waals surface area contributed by atoms with E-state index in [1.165, 1.54) is 11.1 Å². The highest BCUT2D eigenvalue weighted by atomic mass is 16.1. The number of unbranched alkanes of at least 4 members (excludes halogenated alkanes) is 1. The number of fused-ring (bicyclic) bond motifs is 1. The van der Waals surface area contributed by atoms with E-state index in [2.05, 4.69) is 18.0 Å². The number of nitrogens with one attached hydrogen (secondary N) is 1. The van der Waals surface area contributed by atoms with Crippen molar-refractivity contribution in [2.75, 3.05) is 0 Å². The Hall–Kier alpha value is -1.41. The van der Waals surface area contributed by atoms with E-state index in [9.17, 15) is 4.79 Å². The van der Waals surface area contributed by atoms with Gasteiger partial charge in [-0.05, 0) is 30.0 Å². The molecule has 1 aromatic rings. The lowest BCUT2D eigenvalue weighted by Crippen LogP contribution is -2.00. The van der Waals surface area contributed by atoms with E-state index in [0.29, 0.717) is 6.42 Å². The largest absolute Gasteiger partial charge is 0.309 e. The maximum absolute atomic E-state index is 11.9. The van der Waals surface area contributed by atoms with Crippen molar-refractivity contribution in [1.82, 2.24) is 5.32 Å². The first kappa shape index (κ1) is 11.1. The van der Waals surface area contributed by atoms with Crippen molar-refractivity contribution in [1.29, 1.82) is 0 Å². The molecule has 0 unspecified atom stereocenters. The fourth-order valence-corrected chi connectivity index (χ4v) is 2.02. The van der Waals surface area contributed by atoms with E-state index in [1.807, 2.05) is 18.2 Å². The Morgan fingerprint density at radius 3 is 3.00 bits per heavy atom. The fourth-order valence-electron chi connectivity index (χ4n) is 2.02. The number of ketones is 1. The van der Waals surface area contributed by atoms with Gasteiger partial charge in [-0.15, -0.1) is 6.58 Å². The van der Waals surface area contributed by atoms with Crippen molar-refractivity contribution in [3.8, 4) is 0 Å². The van der Waals surface area contributed by atoms with Gasteiger partial charge < -0.3 is 5.32 Å². The summed E-state index contributed by atoms with van der Waals surface area (Å²) in [5.41, 5.74) is 3.45. The van der Waals surface area contributed by atoms with Gasteiger partial charge in [-0.3, -0.25) is 4.79 Å². The Balaban J connectivity index is 2.03. The Morgan fingerprint density at radius 1 is 1.38 bits per heavy atom. The van der Waals surface area contributed by atoms with Crippen LogP contribution in [0.25, 0.3) is 0 Å². The molecule has 1 aliphatic rings. The lowest BCUT2D eigenvalue weighted by Gasteiger charge is -2.03. The molecule has 84 valence electrons. The van der Waals surface area contributed by atoms with Crippen LogP contribution in [0.5, 0.6) is 0 Å². The SMILES string of the molecule is C=CCCCC(=O)c1ccc2c(c1)CNC2. The normalized spacial score (nSPS) is 13.5. The van der Waals surface area contributed by atoms with Crippen molar-refractivity contribution in [2.24, 2.45) is 0 Å². The van der Waals surface area contributed by atoms with E-state index in [-0.39, 0.29) is 5.78 Å². The van der Waals surface area contributed by atoms with Crippen LogP contribution in [0.2, 0.25) is 0 Å². The highest BCUT2D eigenvalue weighted by molar-refractivity contribution is 5.96. The van der Waals surface area contributed by atoms with Crippen LogP contribution >= 0.6 is 0 Å². The van der Waals surface area contributed by atoms with Crippen LogP contribution in [0.15, 0.2) is 30.9 Å². The minimum Gasteiger partial charge on any atom is -0.309 e. The molecule has 0 aromatic heterocycles. The molecule has 16 heavy (non-hydrogen) atoms. The molecule has 0 spiro atoms. The number of rotatable bonds is 5. The van der Waals surface area contributed by atoms with Crippen molar-refractivity contribution in [3.05, 3.63) is 47.5 Å². The molecule has 2 heteroatoms.